The van der Waals surface area contributed by atoms with Crippen LogP contribution in [0.4, 0.5) is 5.69 Å². The van der Waals surface area contributed by atoms with Gasteiger partial charge in [0.25, 0.3) is 0 Å². The van der Waals surface area contributed by atoms with Crippen LogP contribution in [0.5, 0.6) is 11.5 Å². The molecule has 0 saturated carbocycles. The fourth-order valence-electron chi connectivity index (χ4n) is 2.74. The van der Waals surface area contributed by atoms with E-state index in [1.54, 1.807) is 0 Å². The lowest BCUT2D eigenvalue weighted by Crippen LogP contribution is -2.31. The molecule has 4 nitrogen and oxygen atoms in total. The summed E-state index contributed by atoms with van der Waals surface area (Å²) in [6.07, 6.45) is 2.03. The number of hydrogen-bond donors (Lipinski definition) is 0. The second kappa shape index (κ2) is 5.39. The predicted octanol–water partition coefficient (Wildman–Crippen LogP) is 3.85. The van der Waals surface area contributed by atoms with Gasteiger partial charge in [0, 0.05) is 0 Å². The van der Waals surface area contributed by atoms with Crippen LogP contribution in [0.25, 0.3) is 0 Å². The Hall–Kier alpha value is -2.46. The number of fused-ring (bicyclic) bond motifs is 1. The first-order valence-corrected chi connectivity index (χ1v) is 7.36. The van der Waals surface area contributed by atoms with Gasteiger partial charge in [-0.25, -0.2) is 5.06 Å². The average molecular weight is 295 g/mol. The van der Waals surface area contributed by atoms with Crippen molar-refractivity contribution >= 4 is 5.69 Å². The molecule has 2 aromatic rings. The molecular formula is C18H17NO3. The molecule has 22 heavy (non-hydrogen) atoms. The van der Waals surface area contributed by atoms with Crippen molar-refractivity contribution in [2.24, 2.45) is 0 Å². The summed E-state index contributed by atoms with van der Waals surface area (Å²) in [4.78, 5) is 6.15. The van der Waals surface area contributed by atoms with E-state index in [2.05, 4.69) is 25.1 Å². The predicted molar refractivity (Wildman–Crippen MR) is 83.9 cm³/mol. The number of ether oxygens (including phenoxy) is 2. The third-order valence-electron chi connectivity index (χ3n) is 3.84. The molecule has 112 valence electrons. The Kier molecular flexibility index (Phi) is 3.24. The zero-order valence-electron chi connectivity index (χ0n) is 12.4. The summed E-state index contributed by atoms with van der Waals surface area (Å²) in [5.74, 6) is 1.57. The van der Waals surface area contributed by atoms with E-state index in [9.17, 15) is 0 Å². The van der Waals surface area contributed by atoms with Gasteiger partial charge in [0.2, 0.25) is 6.79 Å². The van der Waals surface area contributed by atoms with Crippen LogP contribution >= 0.6 is 0 Å². The number of nitrogens with zero attached hydrogens (tertiary/aromatic N) is 1. The molecule has 2 aliphatic rings. The van der Waals surface area contributed by atoms with Gasteiger partial charge < -0.3 is 9.47 Å². The highest BCUT2D eigenvalue weighted by Gasteiger charge is 2.23. The first-order chi connectivity index (χ1) is 10.8. The highest BCUT2D eigenvalue weighted by molar-refractivity contribution is 5.48. The first-order valence-electron chi connectivity index (χ1n) is 7.36. The Morgan fingerprint density at radius 1 is 1.00 bits per heavy atom. The van der Waals surface area contributed by atoms with E-state index in [1.165, 1.54) is 5.57 Å². The molecule has 0 fully saturated rings. The van der Waals surface area contributed by atoms with E-state index in [-0.39, 0.29) is 12.9 Å². The van der Waals surface area contributed by atoms with Gasteiger partial charge in [-0.05, 0) is 42.8 Å². The third-order valence-corrected chi connectivity index (χ3v) is 3.84. The lowest BCUT2D eigenvalue weighted by molar-refractivity contribution is 0.0556. The number of rotatable bonds is 2. The molecule has 0 aliphatic carbocycles. The van der Waals surface area contributed by atoms with Crippen LogP contribution in [0.3, 0.4) is 0 Å². The van der Waals surface area contributed by atoms with Gasteiger partial charge in [0.1, 0.15) is 6.10 Å². The van der Waals surface area contributed by atoms with E-state index >= 15 is 0 Å². The summed E-state index contributed by atoms with van der Waals surface area (Å²) in [5, 5.41) is 1.94. The normalized spacial score (nSPS) is 20.0. The van der Waals surface area contributed by atoms with Gasteiger partial charge in [-0.3, -0.25) is 4.84 Å². The number of benzene rings is 2. The molecule has 2 aromatic carbocycles. The molecule has 0 spiro atoms. The van der Waals surface area contributed by atoms with Crippen LogP contribution in [0.15, 0.2) is 60.2 Å². The molecule has 0 aromatic heterocycles. The topological polar surface area (TPSA) is 30.9 Å². The van der Waals surface area contributed by atoms with E-state index in [0.29, 0.717) is 0 Å². The van der Waals surface area contributed by atoms with Crippen LogP contribution in [0.1, 0.15) is 18.6 Å². The number of para-hydroxylation sites is 1. The van der Waals surface area contributed by atoms with Crippen molar-refractivity contribution in [1.82, 2.24) is 0 Å². The van der Waals surface area contributed by atoms with Gasteiger partial charge in [0.15, 0.2) is 11.5 Å². The van der Waals surface area contributed by atoms with Crippen molar-refractivity contribution in [1.29, 1.82) is 0 Å². The molecule has 2 aliphatic heterocycles. The maximum Gasteiger partial charge on any atom is 0.231 e. The fourth-order valence-corrected chi connectivity index (χ4v) is 2.74. The minimum Gasteiger partial charge on any atom is -0.454 e. The molecule has 0 saturated heterocycles. The molecular weight excluding hydrogens is 278 g/mol. The monoisotopic (exact) mass is 295 g/mol. The van der Waals surface area contributed by atoms with E-state index in [4.69, 9.17) is 14.3 Å². The van der Waals surface area contributed by atoms with Gasteiger partial charge in [-0.2, -0.15) is 0 Å². The van der Waals surface area contributed by atoms with E-state index < -0.39 is 0 Å². The van der Waals surface area contributed by atoms with Crippen LogP contribution in [0, 0.1) is 0 Å². The Labute approximate surface area is 129 Å². The summed E-state index contributed by atoms with van der Waals surface area (Å²) in [6, 6.07) is 16.1. The smallest absolute Gasteiger partial charge is 0.231 e. The van der Waals surface area contributed by atoms with Crippen LogP contribution in [-0.2, 0) is 4.84 Å². The van der Waals surface area contributed by atoms with Crippen LogP contribution in [-0.4, -0.2) is 13.3 Å². The zero-order valence-corrected chi connectivity index (χ0v) is 12.4. The summed E-state index contributed by atoms with van der Waals surface area (Å²) < 4.78 is 10.8. The summed E-state index contributed by atoms with van der Waals surface area (Å²) in [7, 11) is 0. The van der Waals surface area contributed by atoms with Crippen molar-refractivity contribution < 1.29 is 14.3 Å². The fraction of sp³-hybridized carbons (Fsp3) is 0.222. The molecule has 0 radical (unpaired) electrons. The maximum absolute atomic E-state index is 6.15. The van der Waals surface area contributed by atoms with Crippen LogP contribution < -0.4 is 14.5 Å². The molecule has 2 heterocycles. The summed E-state index contributed by atoms with van der Waals surface area (Å²) >= 11 is 0. The summed E-state index contributed by atoms with van der Waals surface area (Å²) in [6.45, 7) is 3.18. The molecule has 1 atom stereocenters. The lowest BCUT2D eigenvalue weighted by Gasteiger charge is -2.32. The van der Waals surface area contributed by atoms with Crippen molar-refractivity contribution in [3.8, 4) is 11.5 Å². The second-order valence-electron chi connectivity index (χ2n) is 5.52. The second-order valence-corrected chi connectivity index (χ2v) is 5.52. The SMILES string of the molecule is CC1=CC(c2ccc3c(c2)OCO3)ON(c2ccccc2)C1. The van der Waals surface area contributed by atoms with Crippen molar-refractivity contribution in [2.45, 2.75) is 13.0 Å². The Morgan fingerprint density at radius 3 is 2.68 bits per heavy atom. The molecule has 0 bridgehead atoms. The van der Waals surface area contributed by atoms with Crippen molar-refractivity contribution in [3.05, 3.63) is 65.7 Å². The maximum atomic E-state index is 6.15. The molecule has 1 unspecified atom stereocenters. The minimum atomic E-state index is -0.122. The highest BCUT2D eigenvalue weighted by Crippen LogP contribution is 2.37. The zero-order chi connectivity index (χ0) is 14.9. The van der Waals surface area contributed by atoms with E-state index in [0.717, 1.165) is 29.3 Å². The van der Waals surface area contributed by atoms with E-state index in [1.807, 2.05) is 41.5 Å². The van der Waals surface area contributed by atoms with Gasteiger partial charge in [0.05, 0.1) is 12.2 Å². The highest BCUT2D eigenvalue weighted by atomic mass is 16.7. The third kappa shape index (κ3) is 2.42. The number of hydroxylamine groups is 1. The molecule has 0 N–H and O–H groups in total. The quantitative estimate of drug-likeness (QED) is 0.787. The average Bonchev–Trinajstić information content (AvgIpc) is 3.02. The lowest BCUT2D eigenvalue weighted by atomic mass is 10.0. The molecule has 0 amide bonds. The minimum absolute atomic E-state index is 0.122. The van der Waals surface area contributed by atoms with Crippen molar-refractivity contribution in [2.75, 3.05) is 18.4 Å². The van der Waals surface area contributed by atoms with Gasteiger partial charge >= 0.3 is 0 Å². The van der Waals surface area contributed by atoms with Gasteiger partial charge in [-0.1, -0.05) is 29.8 Å². The van der Waals surface area contributed by atoms with Crippen molar-refractivity contribution in [3.63, 3.8) is 0 Å². The summed E-state index contributed by atoms with van der Waals surface area (Å²) in [5.41, 5.74) is 3.39. The first kappa shape index (κ1) is 13.2. The number of anilines is 1. The Morgan fingerprint density at radius 2 is 1.82 bits per heavy atom. The molecule has 4 heteroatoms. The Bertz CT molecular complexity index is 712. The van der Waals surface area contributed by atoms with Gasteiger partial charge in [-0.15, -0.1) is 0 Å². The standard InChI is InChI=1S/C18H17NO3/c1-13-9-17(14-7-8-16-18(10-14)21-12-20-16)22-19(11-13)15-5-3-2-4-6-15/h2-10,17H,11-12H2,1H3. The molecule has 4 rings (SSSR count). The largest absolute Gasteiger partial charge is 0.454 e. The van der Waals surface area contributed by atoms with Crippen LogP contribution in [0.2, 0.25) is 0 Å². The number of hydrogen-bond acceptors (Lipinski definition) is 4. The Balaban J connectivity index is 1.63.